The summed E-state index contributed by atoms with van der Waals surface area (Å²) in [5.41, 5.74) is 1.41. The highest BCUT2D eigenvalue weighted by Crippen LogP contribution is 2.28. The average molecular weight is 309 g/mol. The minimum absolute atomic E-state index is 0.0000295. The van der Waals surface area contributed by atoms with Gasteiger partial charge < -0.3 is 4.74 Å². The fourth-order valence-electron chi connectivity index (χ4n) is 1.55. The molecule has 0 saturated heterocycles. The molecule has 0 atom stereocenters. The Morgan fingerprint density at radius 1 is 1.25 bits per heavy atom. The molecule has 1 aromatic carbocycles. The third kappa shape index (κ3) is 3.95. The topological polar surface area (TPSA) is 34.5 Å². The van der Waals surface area contributed by atoms with Crippen molar-refractivity contribution < 1.29 is 4.74 Å². The number of hydrogen-bond donors (Lipinski definition) is 0. The molecule has 0 aliphatic carbocycles. The number of pyridine rings is 1. The first-order valence-electron chi connectivity index (χ1n) is 6.17. The zero-order valence-electron chi connectivity index (χ0n) is 11.2. The molecule has 0 fully saturated rings. The van der Waals surface area contributed by atoms with Gasteiger partial charge in [0.15, 0.2) is 0 Å². The van der Waals surface area contributed by atoms with Gasteiger partial charge in [-0.3, -0.25) is 4.98 Å². The Morgan fingerprint density at radius 3 is 2.65 bits per heavy atom. The SMILES string of the molecule is CC(C)OC(=Nc1ccc(Cl)cc1Cl)c1cccnc1. The van der Waals surface area contributed by atoms with E-state index in [0.29, 0.717) is 21.6 Å². The number of hydrogen-bond acceptors (Lipinski definition) is 3. The molecule has 0 saturated carbocycles. The summed E-state index contributed by atoms with van der Waals surface area (Å²) < 4.78 is 5.74. The molecule has 1 aromatic heterocycles. The fraction of sp³-hybridized carbons (Fsp3) is 0.200. The van der Waals surface area contributed by atoms with Gasteiger partial charge >= 0.3 is 0 Å². The van der Waals surface area contributed by atoms with Crippen LogP contribution in [-0.2, 0) is 4.74 Å². The first-order valence-corrected chi connectivity index (χ1v) is 6.92. The van der Waals surface area contributed by atoms with Crippen LogP contribution in [0.1, 0.15) is 19.4 Å². The normalized spacial score (nSPS) is 11.8. The van der Waals surface area contributed by atoms with E-state index in [-0.39, 0.29) is 6.10 Å². The lowest BCUT2D eigenvalue weighted by atomic mass is 10.2. The van der Waals surface area contributed by atoms with E-state index in [1.165, 1.54) is 0 Å². The molecule has 0 aliphatic rings. The molecule has 0 amide bonds. The van der Waals surface area contributed by atoms with Crippen LogP contribution in [0.4, 0.5) is 5.69 Å². The van der Waals surface area contributed by atoms with E-state index < -0.39 is 0 Å². The van der Waals surface area contributed by atoms with Crippen LogP contribution >= 0.6 is 23.2 Å². The van der Waals surface area contributed by atoms with E-state index in [1.54, 1.807) is 30.6 Å². The highest BCUT2D eigenvalue weighted by atomic mass is 35.5. The highest BCUT2D eigenvalue weighted by molar-refractivity contribution is 6.36. The van der Waals surface area contributed by atoms with Crippen LogP contribution in [0.3, 0.4) is 0 Å². The molecule has 0 radical (unpaired) electrons. The largest absolute Gasteiger partial charge is 0.474 e. The van der Waals surface area contributed by atoms with Gasteiger partial charge in [-0.15, -0.1) is 0 Å². The number of ether oxygens (including phenoxy) is 1. The summed E-state index contributed by atoms with van der Waals surface area (Å²) in [5.74, 6) is 0.484. The van der Waals surface area contributed by atoms with Crippen molar-refractivity contribution in [2.45, 2.75) is 20.0 Å². The molecule has 2 aromatic rings. The number of aliphatic imine (C=N–C) groups is 1. The Labute approximate surface area is 128 Å². The Kier molecular flexibility index (Phi) is 4.99. The molecule has 5 heteroatoms. The maximum Gasteiger partial charge on any atom is 0.223 e. The molecule has 0 bridgehead atoms. The van der Waals surface area contributed by atoms with Gasteiger partial charge in [0.05, 0.1) is 22.4 Å². The Morgan fingerprint density at radius 2 is 2.05 bits per heavy atom. The fourth-order valence-corrected chi connectivity index (χ4v) is 2.00. The number of halogens is 2. The lowest BCUT2D eigenvalue weighted by Gasteiger charge is -2.12. The third-order valence-electron chi connectivity index (χ3n) is 2.39. The van der Waals surface area contributed by atoms with E-state index in [1.807, 2.05) is 26.0 Å². The second-order valence-corrected chi connectivity index (χ2v) is 5.26. The van der Waals surface area contributed by atoms with Gasteiger partial charge in [0.25, 0.3) is 0 Å². The molecule has 0 unspecified atom stereocenters. The number of nitrogens with zero attached hydrogens (tertiary/aromatic N) is 2. The average Bonchev–Trinajstić information content (AvgIpc) is 2.41. The standard InChI is InChI=1S/C15H14Cl2N2O/c1-10(2)20-15(11-4-3-7-18-9-11)19-14-6-5-12(16)8-13(14)17/h3-10H,1-2H3. The first-order chi connectivity index (χ1) is 9.56. The molecule has 104 valence electrons. The van der Waals surface area contributed by atoms with Crippen molar-refractivity contribution >= 4 is 34.8 Å². The Bertz CT molecular complexity index is 613. The van der Waals surface area contributed by atoms with Gasteiger partial charge in [0, 0.05) is 17.4 Å². The van der Waals surface area contributed by atoms with Crippen molar-refractivity contribution in [3.63, 3.8) is 0 Å². The summed E-state index contributed by atoms with van der Waals surface area (Å²) in [6, 6.07) is 8.86. The second-order valence-electron chi connectivity index (χ2n) is 4.42. The molecular weight excluding hydrogens is 295 g/mol. The summed E-state index contributed by atoms with van der Waals surface area (Å²) in [6.45, 7) is 3.88. The van der Waals surface area contributed by atoms with Crippen molar-refractivity contribution in [3.8, 4) is 0 Å². The van der Waals surface area contributed by atoms with Gasteiger partial charge in [-0.2, -0.15) is 0 Å². The van der Waals surface area contributed by atoms with E-state index in [9.17, 15) is 0 Å². The van der Waals surface area contributed by atoms with E-state index in [4.69, 9.17) is 27.9 Å². The molecule has 20 heavy (non-hydrogen) atoms. The van der Waals surface area contributed by atoms with Crippen molar-refractivity contribution in [2.24, 2.45) is 4.99 Å². The molecule has 1 heterocycles. The van der Waals surface area contributed by atoms with Gasteiger partial charge in [0.1, 0.15) is 0 Å². The summed E-state index contributed by atoms with van der Waals surface area (Å²) in [6.07, 6.45) is 3.40. The molecular formula is C15H14Cl2N2O. The minimum Gasteiger partial charge on any atom is -0.474 e. The zero-order valence-corrected chi connectivity index (χ0v) is 12.7. The quantitative estimate of drug-likeness (QED) is 0.597. The second kappa shape index (κ2) is 6.73. The van der Waals surface area contributed by atoms with Crippen LogP contribution in [0.2, 0.25) is 10.0 Å². The predicted molar refractivity (Wildman–Crippen MR) is 83.1 cm³/mol. The molecule has 0 N–H and O–H groups in total. The lowest BCUT2D eigenvalue weighted by molar-refractivity contribution is 0.229. The Balaban J connectivity index is 2.43. The van der Waals surface area contributed by atoms with Crippen molar-refractivity contribution in [3.05, 3.63) is 58.3 Å². The van der Waals surface area contributed by atoms with Crippen molar-refractivity contribution in [1.82, 2.24) is 4.98 Å². The van der Waals surface area contributed by atoms with E-state index in [2.05, 4.69) is 9.98 Å². The van der Waals surface area contributed by atoms with Crippen LogP contribution in [0, 0.1) is 0 Å². The number of benzene rings is 1. The highest BCUT2D eigenvalue weighted by Gasteiger charge is 2.09. The van der Waals surface area contributed by atoms with Crippen LogP contribution < -0.4 is 0 Å². The molecule has 0 aliphatic heterocycles. The zero-order chi connectivity index (χ0) is 14.5. The van der Waals surface area contributed by atoms with Crippen LogP contribution in [0.5, 0.6) is 0 Å². The molecule has 0 spiro atoms. The number of aromatic nitrogens is 1. The maximum absolute atomic E-state index is 6.13. The summed E-state index contributed by atoms with van der Waals surface area (Å²) in [5, 5.41) is 1.05. The van der Waals surface area contributed by atoms with Crippen LogP contribution in [0.25, 0.3) is 0 Å². The maximum atomic E-state index is 6.13. The summed E-state index contributed by atoms with van der Waals surface area (Å²) in [4.78, 5) is 8.55. The van der Waals surface area contributed by atoms with Gasteiger partial charge in [-0.05, 0) is 44.2 Å². The molecule has 3 nitrogen and oxygen atoms in total. The first kappa shape index (κ1) is 14.8. The Hall–Kier alpha value is -1.58. The van der Waals surface area contributed by atoms with Crippen LogP contribution in [-0.4, -0.2) is 17.0 Å². The van der Waals surface area contributed by atoms with E-state index in [0.717, 1.165) is 5.56 Å². The van der Waals surface area contributed by atoms with Crippen molar-refractivity contribution in [1.29, 1.82) is 0 Å². The monoisotopic (exact) mass is 308 g/mol. The number of rotatable bonds is 3. The summed E-state index contributed by atoms with van der Waals surface area (Å²) >= 11 is 12.0. The van der Waals surface area contributed by atoms with Gasteiger partial charge in [0.2, 0.25) is 5.90 Å². The van der Waals surface area contributed by atoms with Crippen molar-refractivity contribution in [2.75, 3.05) is 0 Å². The smallest absolute Gasteiger partial charge is 0.223 e. The third-order valence-corrected chi connectivity index (χ3v) is 2.93. The van der Waals surface area contributed by atoms with E-state index >= 15 is 0 Å². The minimum atomic E-state index is 0.0000295. The van der Waals surface area contributed by atoms with Gasteiger partial charge in [-0.1, -0.05) is 23.2 Å². The summed E-state index contributed by atoms with van der Waals surface area (Å²) in [7, 11) is 0. The lowest BCUT2D eigenvalue weighted by Crippen LogP contribution is -2.13. The predicted octanol–water partition coefficient (Wildman–Crippen LogP) is 4.89. The van der Waals surface area contributed by atoms with Gasteiger partial charge in [-0.25, -0.2) is 4.99 Å². The van der Waals surface area contributed by atoms with Crippen LogP contribution in [0.15, 0.2) is 47.7 Å². The molecule has 2 rings (SSSR count).